The molecule has 17 nitrogen and oxygen atoms in total. The monoisotopic (exact) mass is 806 g/mol. The average molecular weight is 807 g/mol. The van der Waals surface area contributed by atoms with Crippen molar-refractivity contribution in [2.45, 2.75) is 76.7 Å². The Labute approximate surface area is 341 Å². The molecule has 0 bridgehead atoms. The third kappa shape index (κ3) is 8.60. The van der Waals surface area contributed by atoms with Crippen LogP contribution in [0, 0.1) is 5.92 Å². The van der Waals surface area contributed by atoms with Gasteiger partial charge in [0.05, 0.1) is 72.9 Å². The van der Waals surface area contributed by atoms with Crippen molar-refractivity contribution >= 4 is 35.0 Å². The van der Waals surface area contributed by atoms with Crippen LogP contribution in [0.1, 0.15) is 70.2 Å². The second kappa shape index (κ2) is 17.6. The number of H-pyrrole nitrogens is 2. The van der Waals surface area contributed by atoms with Gasteiger partial charge in [0, 0.05) is 43.1 Å². The highest BCUT2D eigenvalue weighted by molar-refractivity contribution is 5.88. The van der Waals surface area contributed by atoms with Crippen molar-refractivity contribution < 1.29 is 33.4 Å². The molecule has 3 aromatic heterocycles. The largest absolute Gasteiger partial charge is 0.453 e. The Morgan fingerprint density at radius 1 is 0.712 bits per heavy atom. The molecule has 0 radical (unpaired) electrons. The van der Waals surface area contributed by atoms with Crippen molar-refractivity contribution in [3.63, 3.8) is 0 Å². The molecule has 2 aliphatic heterocycles. The van der Waals surface area contributed by atoms with Gasteiger partial charge in [-0.25, -0.2) is 19.6 Å². The second-order valence-corrected chi connectivity index (χ2v) is 15.2. The summed E-state index contributed by atoms with van der Waals surface area (Å²) < 4.78 is 14.9. The number of benzene rings is 2. The van der Waals surface area contributed by atoms with Gasteiger partial charge in [0.15, 0.2) is 0 Å². The Morgan fingerprint density at radius 3 is 1.83 bits per heavy atom. The lowest BCUT2D eigenvalue weighted by Crippen LogP contribution is -2.54. The van der Waals surface area contributed by atoms with Crippen molar-refractivity contribution in [1.82, 2.24) is 50.3 Å². The lowest BCUT2D eigenvalue weighted by molar-refractivity contribution is -0.137. The number of fused-ring (bicyclic) bond motifs is 1. The fraction of sp³-hybridized carbons (Fsp3) is 0.429. The SMILES string of the molecule is COC(=O)N[C@H](C(=O)N1CCC[C@H]1c1nc(-c2ccc(-c3cnc(-c4ccc5nc([C@@H]6CCCN6C(=O)[C@@H](NC(=O)OC)C(C)OC)[nH]c5c4)cn3)cc2)c[nH]1)C(C)C. The zero-order valence-electron chi connectivity index (χ0n) is 34.0. The summed E-state index contributed by atoms with van der Waals surface area (Å²) in [6.45, 7) is 6.62. The standard InChI is InChI=1S/C42H50N10O7/c1-23(2)35(49-41(55)58-5)39(53)51-17-7-9-33(51)37-45-22-32(48-37)26-13-11-25(12-14-26)30-20-44-31(21-43-30)27-15-16-28-29(19-27)47-38(46-28)34-10-8-18-52(34)40(54)36(24(3)57-4)50-42(56)59-6/h11-16,19-24,33-36H,7-10,17-18H2,1-6H3,(H,45,48)(H,46,47)(H,49,55)(H,50,56)/t24?,33-,34-,35-,36-/m0/s1. The van der Waals surface area contributed by atoms with Crippen LogP contribution >= 0.6 is 0 Å². The average Bonchev–Trinajstić information content (AvgIpc) is 4.10. The first-order valence-corrected chi connectivity index (χ1v) is 19.8. The second-order valence-electron chi connectivity index (χ2n) is 15.2. The van der Waals surface area contributed by atoms with Crippen LogP contribution in [0.15, 0.2) is 61.1 Å². The molecule has 0 saturated carbocycles. The van der Waals surface area contributed by atoms with E-state index in [4.69, 9.17) is 34.1 Å². The van der Waals surface area contributed by atoms with Crippen LogP contribution in [0.5, 0.6) is 0 Å². The minimum absolute atomic E-state index is 0.116. The quantitative estimate of drug-likeness (QED) is 0.123. The molecule has 17 heteroatoms. The van der Waals surface area contributed by atoms with Gasteiger partial charge < -0.3 is 44.6 Å². The lowest BCUT2D eigenvalue weighted by Gasteiger charge is -2.30. The fourth-order valence-corrected chi connectivity index (χ4v) is 7.83. The van der Waals surface area contributed by atoms with E-state index in [9.17, 15) is 19.2 Å². The highest BCUT2D eigenvalue weighted by Crippen LogP contribution is 2.35. The van der Waals surface area contributed by atoms with Gasteiger partial charge >= 0.3 is 12.2 Å². The van der Waals surface area contributed by atoms with Crippen molar-refractivity contribution in [3.8, 4) is 33.8 Å². The van der Waals surface area contributed by atoms with Gasteiger partial charge in [0.2, 0.25) is 11.8 Å². The number of hydrogen-bond acceptors (Lipinski definition) is 11. The third-order valence-electron chi connectivity index (χ3n) is 11.2. The molecule has 310 valence electrons. The van der Waals surface area contributed by atoms with Gasteiger partial charge in [-0.3, -0.25) is 19.6 Å². The Balaban J connectivity index is 1.02. The Morgan fingerprint density at radius 2 is 1.25 bits per heavy atom. The summed E-state index contributed by atoms with van der Waals surface area (Å²) in [6.07, 6.45) is 6.54. The third-order valence-corrected chi connectivity index (χ3v) is 11.2. The molecule has 2 aliphatic rings. The molecule has 4 N–H and O–H groups in total. The normalized spacial score (nSPS) is 18.2. The molecular formula is C42H50N10O7. The first kappa shape index (κ1) is 40.8. The molecule has 59 heavy (non-hydrogen) atoms. The maximum Gasteiger partial charge on any atom is 0.407 e. The van der Waals surface area contributed by atoms with Crippen LogP contribution in [0.25, 0.3) is 44.8 Å². The zero-order chi connectivity index (χ0) is 41.8. The van der Waals surface area contributed by atoms with Gasteiger partial charge in [0.1, 0.15) is 23.7 Å². The van der Waals surface area contributed by atoms with E-state index < -0.39 is 30.4 Å². The van der Waals surface area contributed by atoms with Gasteiger partial charge in [-0.1, -0.05) is 44.2 Å². The van der Waals surface area contributed by atoms with E-state index in [1.54, 1.807) is 29.1 Å². The molecule has 1 unspecified atom stereocenters. The van der Waals surface area contributed by atoms with Crippen molar-refractivity contribution in [3.05, 3.63) is 72.7 Å². The van der Waals surface area contributed by atoms with E-state index in [1.165, 1.54) is 21.3 Å². The van der Waals surface area contributed by atoms with E-state index in [2.05, 4.69) is 20.6 Å². The summed E-state index contributed by atoms with van der Waals surface area (Å²) in [5.41, 5.74) is 6.37. The van der Waals surface area contributed by atoms with Crippen LogP contribution in [0.3, 0.4) is 0 Å². The lowest BCUT2D eigenvalue weighted by atomic mass is 10.0. The summed E-state index contributed by atoms with van der Waals surface area (Å²) in [5.74, 6) is 0.838. The van der Waals surface area contributed by atoms with Crippen molar-refractivity contribution in [1.29, 1.82) is 0 Å². The van der Waals surface area contributed by atoms with Crippen LogP contribution in [0.4, 0.5) is 9.59 Å². The number of likely N-dealkylation sites (tertiary alicyclic amines) is 2. The number of imidazole rings is 2. The number of nitrogens with one attached hydrogen (secondary N) is 4. The number of ether oxygens (including phenoxy) is 3. The molecular weight excluding hydrogens is 757 g/mol. The highest BCUT2D eigenvalue weighted by atomic mass is 16.5. The van der Waals surface area contributed by atoms with Gasteiger partial charge in [-0.2, -0.15) is 0 Å². The molecule has 4 amide bonds. The number of aromatic amines is 2. The molecule has 7 rings (SSSR count). The Kier molecular flexibility index (Phi) is 12.2. The van der Waals surface area contributed by atoms with E-state index >= 15 is 0 Å². The maximum atomic E-state index is 13.7. The van der Waals surface area contributed by atoms with Crippen LogP contribution in [0.2, 0.25) is 0 Å². The molecule has 5 heterocycles. The van der Waals surface area contributed by atoms with E-state index in [0.29, 0.717) is 36.1 Å². The van der Waals surface area contributed by atoms with Crippen molar-refractivity contribution in [2.24, 2.45) is 5.92 Å². The van der Waals surface area contributed by atoms with Crippen LogP contribution < -0.4 is 10.6 Å². The smallest absolute Gasteiger partial charge is 0.407 e. The number of methoxy groups -OCH3 is 3. The predicted molar refractivity (Wildman–Crippen MR) is 217 cm³/mol. The fourth-order valence-electron chi connectivity index (χ4n) is 7.83. The zero-order valence-corrected chi connectivity index (χ0v) is 34.0. The Bertz CT molecular complexity index is 2290. The van der Waals surface area contributed by atoms with Gasteiger partial charge in [-0.05, 0) is 50.7 Å². The number of rotatable bonds is 12. The first-order chi connectivity index (χ1) is 28.5. The molecule has 2 aromatic carbocycles. The summed E-state index contributed by atoms with van der Waals surface area (Å²) >= 11 is 0. The molecule has 2 saturated heterocycles. The molecule has 5 aromatic rings. The number of carbonyl (C=O) groups excluding carboxylic acids is 4. The molecule has 0 spiro atoms. The first-order valence-electron chi connectivity index (χ1n) is 19.8. The number of carbonyl (C=O) groups is 4. The van der Waals surface area contributed by atoms with Gasteiger partial charge in [-0.15, -0.1) is 0 Å². The van der Waals surface area contributed by atoms with Crippen molar-refractivity contribution in [2.75, 3.05) is 34.4 Å². The molecule has 5 atom stereocenters. The Hall–Kier alpha value is -6.36. The van der Waals surface area contributed by atoms with E-state index in [0.717, 1.165) is 59.1 Å². The van der Waals surface area contributed by atoms with E-state index in [1.807, 2.05) is 62.5 Å². The molecule has 0 aliphatic carbocycles. The van der Waals surface area contributed by atoms with Crippen LogP contribution in [-0.4, -0.2) is 116 Å². The summed E-state index contributed by atoms with van der Waals surface area (Å²) in [5, 5.41) is 5.31. The summed E-state index contributed by atoms with van der Waals surface area (Å²) in [7, 11) is 4.03. The number of hydrogen-bond donors (Lipinski definition) is 4. The predicted octanol–water partition coefficient (Wildman–Crippen LogP) is 5.54. The number of nitrogens with zero attached hydrogens (tertiary/aromatic N) is 6. The minimum atomic E-state index is -0.912. The minimum Gasteiger partial charge on any atom is -0.453 e. The number of amides is 4. The summed E-state index contributed by atoms with van der Waals surface area (Å²) in [4.78, 5) is 80.6. The number of aromatic nitrogens is 6. The maximum absolute atomic E-state index is 13.7. The summed E-state index contributed by atoms with van der Waals surface area (Å²) in [6, 6.07) is 11.6. The van der Waals surface area contributed by atoms with Crippen LogP contribution in [-0.2, 0) is 23.8 Å². The topological polar surface area (TPSA) is 210 Å². The van der Waals surface area contributed by atoms with Gasteiger partial charge in [0.25, 0.3) is 0 Å². The highest BCUT2D eigenvalue weighted by Gasteiger charge is 2.39. The number of alkyl carbamates (subject to hydrolysis) is 2. The molecule has 2 fully saturated rings. The van der Waals surface area contributed by atoms with E-state index in [-0.39, 0.29) is 29.8 Å².